The van der Waals surface area contributed by atoms with Crippen molar-refractivity contribution in [1.29, 1.82) is 0 Å². The second kappa shape index (κ2) is 15.2. The van der Waals surface area contributed by atoms with Crippen LogP contribution in [0.2, 0.25) is 0 Å². The lowest BCUT2D eigenvalue weighted by Gasteiger charge is -2.38. The lowest BCUT2D eigenvalue weighted by molar-refractivity contribution is -0.339. The van der Waals surface area contributed by atoms with Crippen molar-refractivity contribution in [2.45, 2.75) is 43.7 Å². The summed E-state index contributed by atoms with van der Waals surface area (Å²) in [5, 5.41) is 41.1. The number of carboxylic acids is 3. The predicted octanol–water partition coefficient (Wildman–Crippen LogP) is -1.82. The number of likely N-dealkylation sites (tertiary alicyclic amines) is 1. The van der Waals surface area contributed by atoms with E-state index < -0.39 is 36.4 Å². The van der Waals surface area contributed by atoms with Gasteiger partial charge in [0.25, 0.3) is 5.91 Å². The molecule has 0 saturated carbocycles. The molecule has 1 aromatic carbocycles. The molecule has 1 aromatic heterocycles. The van der Waals surface area contributed by atoms with Gasteiger partial charge in [-0.3, -0.25) is 4.79 Å². The number of nitrogens with zero attached hydrogens (tertiary/aromatic N) is 2. The first-order chi connectivity index (χ1) is 18.1. The molecule has 2 heterocycles. The zero-order chi connectivity index (χ0) is 28.1. The number of carbonyl (C=O) groups excluding carboxylic acids is 4. The van der Waals surface area contributed by atoms with Crippen molar-refractivity contribution < 1.29 is 44.3 Å². The zero-order valence-corrected chi connectivity index (χ0v) is 21.9. The van der Waals surface area contributed by atoms with Crippen molar-refractivity contribution in [3.8, 4) is 0 Å². The van der Waals surface area contributed by atoms with Crippen LogP contribution in [0, 0.1) is 0 Å². The summed E-state index contributed by atoms with van der Waals surface area (Å²) in [7, 11) is 1.58. The Morgan fingerprint density at radius 1 is 1.03 bits per heavy atom. The van der Waals surface area contributed by atoms with Gasteiger partial charge in [0.05, 0.1) is 5.97 Å². The smallest absolute Gasteiger partial charge is 0.253 e. The van der Waals surface area contributed by atoms with E-state index in [1.807, 2.05) is 46.6 Å². The number of hydrogen-bond donors (Lipinski definition) is 1. The van der Waals surface area contributed by atoms with Crippen LogP contribution < -0.4 is 20.2 Å². The number of hydrogen-bond acceptors (Lipinski definition) is 11. The highest BCUT2D eigenvalue weighted by Gasteiger charge is 2.30. The van der Waals surface area contributed by atoms with Gasteiger partial charge in [0.2, 0.25) is 0 Å². The first-order valence-electron chi connectivity index (χ1n) is 12.0. The Morgan fingerprint density at radius 2 is 1.63 bits per heavy atom. The molecule has 208 valence electrons. The SMILES string of the molecule is COCC(=O)N(c1ccccc1)C1CCN(CCc2cccs2)CC1.O=C([O-])CC(O)(CC(=O)[O-])C(=O)[O-]. The van der Waals surface area contributed by atoms with Crippen LogP contribution in [0.3, 0.4) is 0 Å². The largest absolute Gasteiger partial charge is 0.550 e. The number of aliphatic carboxylic acids is 3. The number of amides is 1. The molecular weight excluding hydrogens is 516 g/mol. The van der Waals surface area contributed by atoms with Crippen LogP contribution in [0.5, 0.6) is 0 Å². The molecule has 1 aliphatic rings. The summed E-state index contributed by atoms with van der Waals surface area (Å²) in [5.41, 5.74) is -2.00. The number of carboxylic acid groups (broad SMARTS) is 3. The topological polar surface area (TPSA) is 173 Å². The van der Waals surface area contributed by atoms with Gasteiger partial charge in [-0.2, -0.15) is 0 Å². The van der Waals surface area contributed by atoms with Crippen LogP contribution in [-0.2, 0) is 30.3 Å². The van der Waals surface area contributed by atoms with Crippen LogP contribution in [0.15, 0.2) is 47.8 Å². The Balaban J connectivity index is 0.000000332. The standard InChI is InChI=1S/C20H26N2O2S.C6H8O7/c1-24-16-20(23)22(17-6-3-2-4-7-17)18-9-12-21(13-10-18)14-11-19-8-5-15-25-19;7-3(8)1-6(13,5(11)12)2-4(9)10/h2-8,15,18H,9-14,16H2,1H3;13H,1-2H2,(H,7,8)(H,9,10)(H,11,12)/p-3. The van der Waals surface area contributed by atoms with Gasteiger partial charge >= 0.3 is 0 Å². The van der Waals surface area contributed by atoms with Crippen molar-refractivity contribution >= 4 is 40.8 Å². The number of aliphatic hydroxyl groups is 1. The van der Waals surface area contributed by atoms with Gasteiger partial charge in [-0.25, -0.2) is 0 Å². The fourth-order valence-electron chi connectivity index (χ4n) is 4.15. The first-order valence-corrected chi connectivity index (χ1v) is 12.9. The van der Waals surface area contributed by atoms with Gasteiger partial charge in [-0.15, -0.1) is 11.3 Å². The molecule has 38 heavy (non-hydrogen) atoms. The minimum atomic E-state index is -2.97. The number of methoxy groups -OCH3 is 1. The summed E-state index contributed by atoms with van der Waals surface area (Å²) in [6.07, 6.45) is 0.420. The molecule has 1 N–H and O–H groups in total. The number of carbonyl (C=O) groups is 4. The molecule has 1 saturated heterocycles. The summed E-state index contributed by atoms with van der Waals surface area (Å²) in [6.45, 7) is 3.32. The zero-order valence-electron chi connectivity index (χ0n) is 21.1. The summed E-state index contributed by atoms with van der Waals surface area (Å²) in [6, 6.07) is 14.5. The molecule has 0 atom stereocenters. The first kappa shape index (κ1) is 30.9. The number of piperidine rings is 1. The van der Waals surface area contributed by atoms with Gasteiger partial charge in [-0.1, -0.05) is 24.3 Å². The Labute approximate surface area is 224 Å². The maximum Gasteiger partial charge on any atom is 0.253 e. The Kier molecular flexibility index (Phi) is 12.3. The van der Waals surface area contributed by atoms with Crippen molar-refractivity contribution in [1.82, 2.24) is 4.90 Å². The monoisotopic (exact) mass is 547 g/mol. The van der Waals surface area contributed by atoms with Crippen LogP contribution in [0.25, 0.3) is 0 Å². The molecule has 1 aliphatic heterocycles. The molecule has 0 spiro atoms. The number of benzene rings is 1. The summed E-state index contributed by atoms with van der Waals surface area (Å²) in [5.74, 6) is -5.94. The van der Waals surface area contributed by atoms with E-state index in [1.54, 1.807) is 7.11 Å². The molecule has 0 bridgehead atoms. The lowest BCUT2D eigenvalue weighted by atomic mass is 9.96. The van der Waals surface area contributed by atoms with E-state index in [9.17, 15) is 34.5 Å². The number of anilines is 1. The Hall–Kier alpha value is -3.32. The highest BCUT2D eigenvalue weighted by molar-refractivity contribution is 7.09. The predicted molar refractivity (Wildman–Crippen MR) is 132 cm³/mol. The summed E-state index contributed by atoms with van der Waals surface area (Å²) in [4.78, 5) is 48.5. The fraction of sp³-hybridized carbons (Fsp3) is 0.462. The highest BCUT2D eigenvalue weighted by atomic mass is 32.1. The molecule has 1 fully saturated rings. The van der Waals surface area contributed by atoms with Crippen molar-refractivity contribution in [2.24, 2.45) is 0 Å². The minimum Gasteiger partial charge on any atom is -0.550 e. The van der Waals surface area contributed by atoms with E-state index in [2.05, 4.69) is 22.4 Å². The normalized spacial score (nSPS) is 14.3. The second-order valence-electron chi connectivity index (χ2n) is 8.85. The lowest BCUT2D eigenvalue weighted by Crippen LogP contribution is -2.54. The third-order valence-electron chi connectivity index (χ3n) is 6.00. The van der Waals surface area contributed by atoms with Crippen molar-refractivity contribution in [3.63, 3.8) is 0 Å². The van der Waals surface area contributed by atoms with Gasteiger partial charge in [0.15, 0.2) is 0 Å². The summed E-state index contributed by atoms with van der Waals surface area (Å²) < 4.78 is 5.10. The highest BCUT2D eigenvalue weighted by Crippen LogP contribution is 2.24. The third-order valence-corrected chi connectivity index (χ3v) is 6.94. The van der Waals surface area contributed by atoms with Gasteiger partial charge < -0.3 is 49.3 Å². The number of para-hydroxylation sites is 1. The number of rotatable bonds is 12. The minimum absolute atomic E-state index is 0.0470. The van der Waals surface area contributed by atoms with E-state index in [4.69, 9.17) is 9.84 Å². The van der Waals surface area contributed by atoms with E-state index in [0.717, 1.165) is 44.6 Å². The van der Waals surface area contributed by atoms with E-state index >= 15 is 0 Å². The molecule has 0 unspecified atom stereocenters. The van der Waals surface area contributed by atoms with Crippen molar-refractivity contribution in [2.75, 3.05) is 38.3 Å². The molecule has 12 heteroatoms. The van der Waals surface area contributed by atoms with Crippen LogP contribution in [-0.4, -0.2) is 78.8 Å². The van der Waals surface area contributed by atoms with Crippen LogP contribution >= 0.6 is 11.3 Å². The third kappa shape index (κ3) is 9.86. The molecule has 11 nitrogen and oxygen atoms in total. The van der Waals surface area contributed by atoms with Gasteiger partial charge in [-0.05, 0) is 42.8 Å². The maximum absolute atomic E-state index is 12.6. The fourth-order valence-corrected chi connectivity index (χ4v) is 4.85. The van der Waals surface area contributed by atoms with Gasteiger partial charge in [0, 0.05) is 68.1 Å². The van der Waals surface area contributed by atoms with E-state index in [-0.39, 0.29) is 18.6 Å². The summed E-state index contributed by atoms with van der Waals surface area (Å²) >= 11 is 1.83. The molecule has 3 rings (SSSR count). The number of thiophene rings is 1. The Bertz CT molecular complexity index is 1020. The molecule has 0 radical (unpaired) electrons. The van der Waals surface area contributed by atoms with Crippen LogP contribution in [0.4, 0.5) is 5.69 Å². The average Bonchev–Trinajstić information content (AvgIpc) is 3.38. The molecule has 1 amide bonds. The average molecular weight is 548 g/mol. The van der Waals surface area contributed by atoms with Crippen molar-refractivity contribution in [3.05, 3.63) is 52.7 Å². The molecule has 0 aliphatic carbocycles. The Morgan fingerprint density at radius 3 is 2.11 bits per heavy atom. The van der Waals surface area contributed by atoms with Crippen LogP contribution in [0.1, 0.15) is 30.6 Å². The quantitative estimate of drug-likeness (QED) is 0.319. The molecular formula is C26H31N2O9S-3. The maximum atomic E-state index is 12.6. The van der Waals surface area contributed by atoms with E-state index in [0.29, 0.717) is 0 Å². The number of ether oxygens (including phenoxy) is 1. The van der Waals surface area contributed by atoms with E-state index in [1.165, 1.54) is 4.88 Å². The van der Waals surface area contributed by atoms with Gasteiger partial charge in [0.1, 0.15) is 12.2 Å². The second-order valence-corrected chi connectivity index (χ2v) is 9.88. The molecule has 2 aromatic rings.